The van der Waals surface area contributed by atoms with Crippen LogP contribution in [0, 0.1) is 0 Å². The summed E-state index contributed by atoms with van der Waals surface area (Å²) in [4.78, 5) is 6.77. The maximum absolute atomic E-state index is 5.69. The molecule has 3 aromatic rings. The minimum absolute atomic E-state index is 0.00974. The maximum atomic E-state index is 5.69. The molecule has 1 aliphatic rings. The van der Waals surface area contributed by atoms with Crippen LogP contribution in [-0.4, -0.2) is 19.6 Å². The van der Waals surface area contributed by atoms with Crippen molar-refractivity contribution in [2.45, 2.75) is 44.9 Å². The lowest BCUT2D eigenvalue weighted by molar-refractivity contribution is 0.286. The number of nitrogens with one attached hydrogen (secondary N) is 1. The Balaban J connectivity index is 1.74. The summed E-state index contributed by atoms with van der Waals surface area (Å²) < 4.78 is 7.82. The third kappa shape index (κ3) is 3.49. The number of thiocarbonyl (C=S) groups is 1. The fraction of sp³-hybridized carbons (Fsp3) is 0.333. The summed E-state index contributed by atoms with van der Waals surface area (Å²) in [6.07, 6.45) is 7.87. The molecule has 1 fully saturated rings. The molecule has 0 amide bonds. The van der Waals surface area contributed by atoms with Crippen LogP contribution in [0.1, 0.15) is 49.9 Å². The lowest BCUT2D eigenvalue weighted by Crippen LogP contribution is -2.29. The molecule has 2 atom stereocenters. The van der Waals surface area contributed by atoms with E-state index in [1.807, 2.05) is 36.5 Å². The molecule has 1 aliphatic heterocycles. The van der Waals surface area contributed by atoms with Crippen LogP contribution in [0.2, 0.25) is 0 Å². The molecule has 2 unspecified atom stereocenters. The Kier molecular flexibility index (Phi) is 4.52. The van der Waals surface area contributed by atoms with Crippen molar-refractivity contribution in [3.63, 3.8) is 0 Å². The van der Waals surface area contributed by atoms with E-state index >= 15 is 0 Å². The standard InChI is InChI=1S/C21H24N4OS/c1-21(2,3)24-11-9-15(13-24)19-18(17-8-4-5-10-22-17)23-20(27)25(19)14-16-7-6-12-26-16/h4-13,18-19H,14H2,1-3H3,(H,23,27). The zero-order valence-electron chi connectivity index (χ0n) is 15.8. The van der Waals surface area contributed by atoms with Gasteiger partial charge in [-0.2, -0.15) is 0 Å². The van der Waals surface area contributed by atoms with Crippen LogP contribution >= 0.6 is 12.2 Å². The molecule has 6 heteroatoms. The van der Waals surface area contributed by atoms with Crippen LogP contribution in [-0.2, 0) is 12.1 Å². The second kappa shape index (κ2) is 6.85. The Bertz CT molecular complexity index is 911. The average Bonchev–Trinajstić information content (AvgIpc) is 3.37. The van der Waals surface area contributed by atoms with Gasteiger partial charge in [0.1, 0.15) is 5.76 Å². The Hall–Kier alpha value is -2.60. The normalized spacial score (nSPS) is 20.1. The number of hydrogen-bond donors (Lipinski definition) is 1. The predicted molar refractivity (Wildman–Crippen MR) is 109 cm³/mol. The molecule has 1 saturated heterocycles. The molecule has 0 radical (unpaired) electrons. The van der Waals surface area contributed by atoms with Crippen molar-refractivity contribution >= 4 is 17.3 Å². The van der Waals surface area contributed by atoms with E-state index in [1.165, 1.54) is 5.56 Å². The summed E-state index contributed by atoms with van der Waals surface area (Å²) in [6.45, 7) is 7.22. The summed E-state index contributed by atoms with van der Waals surface area (Å²) >= 11 is 5.69. The highest BCUT2D eigenvalue weighted by molar-refractivity contribution is 7.80. The van der Waals surface area contributed by atoms with Gasteiger partial charge in [0.15, 0.2) is 5.11 Å². The molecule has 140 valence electrons. The molecular formula is C21H24N4OS. The first kappa shape index (κ1) is 17.8. The van der Waals surface area contributed by atoms with Crippen LogP contribution in [0.15, 0.2) is 65.7 Å². The van der Waals surface area contributed by atoms with Gasteiger partial charge in [0.05, 0.1) is 30.6 Å². The van der Waals surface area contributed by atoms with E-state index in [0.717, 1.165) is 16.6 Å². The van der Waals surface area contributed by atoms with Crippen molar-refractivity contribution < 1.29 is 4.42 Å². The molecule has 5 nitrogen and oxygen atoms in total. The van der Waals surface area contributed by atoms with Crippen LogP contribution in [0.3, 0.4) is 0 Å². The van der Waals surface area contributed by atoms with Gasteiger partial charge in [0.25, 0.3) is 0 Å². The first-order chi connectivity index (χ1) is 12.9. The second-order valence-corrected chi connectivity index (χ2v) is 8.24. The number of nitrogens with zero attached hydrogens (tertiary/aromatic N) is 3. The van der Waals surface area contributed by atoms with Crippen LogP contribution in [0.25, 0.3) is 0 Å². The lowest BCUT2D eigenvalue weighted by atomic mass is 9.99. The summed E-state index contributed by atoms with van der Waals surface area (Å²) in [6, 6.07) is 12.1. The first-order valence-electron chi connectivity index (χ1n) is 9.12. The van der Waals surface area contributed by atoms with Gasteiger partial charge in [-0.25, -0.2) is 0 Å². The van der Waals surface area contributed by atoms with E-state index in [-0.39, 0.29) is 17.6 Å². The maximum Gasteiger partial charge on any atom is 0.170 e. The molecule has 3 aromatic heterocycles. The zero-order chi connectivity index (χ0) is 19.0. The summed E-state index contributed by atoms with van der Waals surface area (Å²) in [5.41, 5.74) is 2.21. The van der Waals surface area contributed by atoms with E-state index in [9.17, 15) is 0 Å². The molecule has 27 heavy (non-hydrogen) atoms. The number of hydrogen-bond acceptors (Lipinski definition) is 3. The monoisotopic (exact) mass is 380 g/mol. The quantitative estimate of drug-likeness (QED) is 0.680. The van der Waals surface area contributed by atoms with Gasteiger partial charge in [0.2, 0.25) is 0 Å². The van der Waals surface area contributed by atoms with Gasteiger partial charge in [-0.1, -0.05) is 6.07 Å². The van der Waals surface area contributed by atoms with Gasteiger partial charge < -0.3 is 19.2 Å². The average molecular weight is 381 g/mol. The Morgan fingerprint density at radius 1 is 1.19 bits per heavy atom. The van der Waals surface area contributed by atoms with Crippen LogP contribution in [0.5, 0.6) is 0 Å². The lowest BCUT2D eigenvalue weighted by Gasteiger charge is -2.27. The van der Waals surface area contributed by atoms with E-state index < -0.39 is 0 Å². The Morgan fingerprint density at radius 2 is 2.04 bits per heavy atom. The highest BCUT2D eigenvalue weighted by Gasteiger charge is 2.40. The smallest absolute Gasteiger partial charge is 0.170 e. The fourth-order valence-corrected chi connectivity index (χ4v) is 3.82. The number of aromatic nitrogens is 2. The highest BCUT2D eigenvalue weighted by Crippen LogP contribution is 2.40. The molecule has 0 saturated carbocycles. The highest BCUT2D eigenvalue weighted by atomic mass is 32.1. The fourth-order valence-electron chi connectivity index (χ4n) is 3.51. The van der Waals surface area contributed by atoms with Crippen molar-refractivity contribution in [3.05, 3.63) is 78.3 Å². The minimum atomic E-state index is -0.00974. The third-order valence-electron chi connectivity index (χ3n) is 4.94. The molecular weight excluding hydrogens is 356 g/mol. The van der Waals surface area contributed by atoms with Gasteiger partial charge in [-0.05, 0) is 68.9 Å². The number of rotatable bonds is 4. The predicted octanol–water partition coefficient (Wildman–Crippen LogP) is 4.40. The van der Waals surface area contributed by atoms with Crippen molar-refractivity contribution in [2.24, 2.45) is 0 Å². The van der Waals surface area contributed by atoms with E-state index in [4.69, 9.17) is 16.6 Å². The van der Waals surface area contributed by atoms with Gasteiger partial charge in [-0.3, -0.25) is 4.98 Å². The molecule has 0 bridgehead atoms. The van der Waals surface area contributed by atoms with Gasteiger partial charge in [-0.15, -0.1) is 0 Å². The van der Waals surface area contributed by atoms with Crippen molar-refractivity contribution in [1.82, 2.24) is 19.8 Å². The first-order valence-corrected chi connectivity index (χ1v) is 9.53. The molecule has 4 heterocycles. The Morgan fingerprint density at radius 3 is 2.67 bits per heavy atom. The van der Waals surface area contributed by atoms with Gasteiger partial charge in [0, 0.05) is 24.1 Å². The van der Waals surface area contributed by atoms with Crippen LogP contribution < -0.4 is 5.32 Å². The SMILES string of the molecule is CC(C)(C)n1ccc(C2C(c3ccccn3)NC(=S)N2Cc2ccco2)c1. The van der Waals surface area contributed by atoms with E-state index in [2.05, 4.69) is 59.0 Å². The molecule has 0 aromatic carbocycles. The van der Waals surface area contributed by atoms with E-state index in [1.54, 1.807) is 6.26 Å². The van der Waals surface area contributed by atoms with E-state index in [0.29, 0.717) is 6.54 Å². The topological polar surface area (TPSA) is 46.2 Å². The van der Waals surface area contributed by atoms with Crippen molar-refractivity contribution in [3.8, 4) is 0 Å². The number of furan rings is 1. The third-order valence-corrected chi connectivity index (χ3v) is 5.29. The summed E-state index contributed by atoms with van der Waals surface area (Å²) in [5.74, 6) is 0.890. The second-order valence-electron chi connectivity index (χ2n) is 7.86. The minimum Gasteiger partial charge on any atom is -0.467 e. The van der Waals surface area contributed by atoms with Gasteiger partial charge >= 0.3 is 0 Å². The van der Waals surface area contributed by atoms with Crippen LogP contribution in [0.4, 0.5) is 0 Å². The zero-order valence-corrected chi connectivity index (χ0v) is 16.6. The Labute approximate surface area is 165 Å². The molecule has 1 N–H and O–H groups in total. The number of pyridine rings is 1. The van der Waals surface area contributed by atoms with Crippen molar-refractivity contribution in [1.29, 1.82) is 0 Å². The molecule has 0 spiro atoms. The molecule has 4 rings (SSSR count). The molecule has 0 aliphatic carbocycles. The van der Waals surface area contributed by atoms with Crippen molar-refractivity contribution in [2.75, 3.05) is 0 Å². The summed E-state index contributed by atoms with van der Waals surface area (Å²) in [7, 11) is 0. The summed E-state index contributed by atoms with van der Waals surface area (Å²) in [5, 5.41) is 4.19. The largest absolute Gasteiger partial charge is 0.467 e.